The summed E-state index contributed by atoms with van der Waals surface area (Å²) in [4.78, 5) is 7.69. The molecule has 0 spiro atoms. The van der Waals surface area contributed by atoms with Crippen molar-refractivity contribution in [3.63, 3.8) is 0 Å². The monoisotopic (exact) mass is 350 g/mol. The average Bonchev–Trinajstić information content (AvgIpc) is 2.49. The van der Waals surface area contributed by atoms with Crippen LogP contribution in [0.25, 0.3) is 11.4 Å². The van der Waals surface area contributed by atoms with E-state index in [0.29, 0.717) is 0 Å². The van der Waals surface area contributed by atoms with E-state index in [4.69, 9.17) is 13.7 Å². The summed E-state index contributed by atoms with van der Waals surface area (Å²) >= 11 is 5.40. The molecule has 0 N–H and O–H groups in total. The molecule has 0 atom stereocenters. The summed E-state index contributed by atoms with van der Waals surface area (Å²) < 4.78 is 77.9. The van der Waals surface area contributed by atoms with Crippen molar-refractivity contribution in [2.75, 3.05) is 0 Å². The van der Waals surface area contributed by atoms with Crippen molar-refractivity contribution in [1.82, 2.24) is 9.97 Å². The van der Waals surface area contributed by atoms with Gasteiger partial charge in [-0.3, -0.25) is 9.97 Å². The predicted molar refractivity (Wildman–Crippen MR) is 72.7 cm³/mol. The van der Waals surface area contributed by atoms with Gasteiger partial charge in [-0.2, -0.15) is 0 Å². The lowest BCUT2D eigenvalue weighted by atomic mass is 10.2. The average molecular weight is 352 g/mol. The zero-order valence-electron chi connectivity index (χ0n) is 17.7. The van der Waals surface area contributed by atoms with Crippen molar-refractivity contribution in [2.45, 2.75) is 10.6 Å². The Bertz CT molecular complexity index is 818. The van der Waals surface area contributed by atoms with Crippen LogP contribution >= 0.6 is 31.9 Å². The normalized spacial score (nSPS) is 21.1. The van der Waals surface area contributed by atoms with E-state index in [-0.39, 0.29) is 0 Å². The molecule has 0 aliphatic carbocycles. The summed E-state index contributed by atoms with van der Waals surface area (Å²) in [5, 5.41) is -4.59. The molecule has 0 fully saturated rings. The molecule has 16 heavy (non-hydrogen) atoms. The maximum Gasteiger partial charge on any atom is 0.0889 e. The second kappa shape index (κ2) is 5.55. The van der Waals surface area contributed by atoms with E-state index in [9.17, 15) is 0 Å². The molecule has 2 aromatic heterocycles. The molecule has 0 aliphatic rings. The van der Waals surface area contributed by atoms with Crippen LogP contribution in [-0.4, -0.2) is 9.97 Å². The van der Waals surface area contributed by atoms with Gasteiger partial charge in [0.25, 0.3) is 0 Å². The van der Waals surface area contributed by atoms with E-state index >= 15 is 0 Å². The Morgan fingerprint density at radius 2 is 1.38 bits per heavy atom. The van der Waals surface area contributed by atoms with Crippen molar-refractivity contribution in [1.29, 1.82) is 0 Å². The molecule has 0 bridgehead atoms. The first-order chi connectivity index (χ1) is 11.7. The number of nitrogens with zero attached hydrogens (tertiary/aromatic N) is 2. The van der Waals surface area contributed by atoms with Gasteiger partial charge in [0.1, 0.15) is 0 Å². The maximum absolute atomic E-state index is 7.98. The fraction of sp³-hybridized carbons (Fsp3) is 0.167. The highest BCUT2D eigenvalue weighted by molar-refractivity contribution is 9.08. The SMILES string of the molecule is [2H]c1c(-c2nc(C([2H])([2H])Br)c([2H])c([2H])c2[2H])nc(C([2H])([2H])Br)c([2H])c1[2H]. The van der Waals surface area contributed by atoms with Crippen LogP contribution < -0.4 is 0 Å². The van der Waals surface area contributed by atoms with Gasteiger partial charge in [0, 0.05) is 16.0 Å². The van der Waals surface area contributed by atoms with E-state index in [1.807, 2.05) is 0 Å². The smallest absolute Gasteiger partial charge is 0.0889 e. The minimum atomic E-state index is -2.30. The molecular weight excluding hydrogens is 332 g/mol. The van der Waals surface area contributed by atoms with E-state index in [1.54, 1.807) is 0 Å². The first-order valence-corrected chi connectivity index (χ1v) is 5.61. The summed E-state index contributed by atoms with van der Waals surface area (Å²) in [5.74, 6) is 0. The van der Waals surface area contributed by atoms with Gasteiger partial charge in [-0.05, 0) is 24.2 Å². The Morgan fingerprint density at radius 3 is 1.75 bits per heavy atom. The van der Waals surface area contributed by atoms with Crippen LogP contribution in [0.3, 0.4) is 0 Å². The zero-order chi connectivity index (χ0) is 20.2. The van der Waals surface area contributed by atoms with Crippen LogP contribution in [0.15, 0.2) is 36.3 Å². The summed E-state index contributed by atoms with van der Waals surface area (Å²) in [6.45, 7) is 0. The number of rotatable bonds is 3. The van der Waals surface area contributed by atoms with Crippen LogP contribution in [0.4, 0.5) is 0 Å². The molecule has 0 saturated carbocycles. The topological polar surface area (TPSA) is 25.8 Å². The molecule has 0 aliphatic heterocycles. The summed E-state index contributed by atoms with van der Waals surface area (Å²) in [7, 11) is 0. The van der Waals surface area contributed by atoms with Gasteiger partial charge < -0.3 is 0 Å². The second-order valence-electron chi connectivity index (χ2n) is 2.56. The van der Waals surface area contributed by atoms with Gasteiger partial charge in [0.2, 0.25) is 0 Å². The Morgan fingerprint density at radius 1 is 0.938 bits per heavy atom. The van der Waals surface area contributed by atoms with Gasteiger partial charge in [-0.15, -0.1) is 0 Å². The number of pyridine rings is 2. The highest BCUT2D eigenvalue weighted by Gasteiger charge is 2.02. The highest BCUT2D eigenvalue weighted by Crippen LogP contribution is 2.16. The van der Waals surface area contributed by atoms with Crippen molar-refractivity contribution in [2.24, 2.45) is 0 Å². The summed E-state index contributed by atoms with van der Waals surface area (Å²) in [6, 6.07) is -3.78. The molecule has 0 radical (unpaired) electrons. The molecule has 2 rings (SSSR count). The lowest BCUT2D eigenvalue weighted by Crippen LogP contribution is -1.93. The molecule has 4 heteroatoms. The molecule has 0 saturated heterocycles. The molecule has 2 aromatic rings. The highest BCUT2D eigenvalue weighted by atomic mass is 79.9. The van der Waals surface area contributed by atoms with Gasteiger partial charge in [0.15, 0.2) is 0 Å². The molecule has 82 valence electrons. The quantitative estimate of drug-likeness (QED) is 0.783. The number of halogens is 2. The van der Waals surface area contributed by atoms with Crippen LogP contribution in [0.2, 0.25) is 0 Å². The van der Waals surface area contributed by atoms with E-state index < -0.39 is 69.6 Å². The Balaban J connectivity index is 2.93. The third-order valence-electron chi connectivity index (χ3n) is 1.57. The second-order valence-corrected chi connectivity index (χ2v) is 3.35. The molecule has 0 unspecified atom stereocenters. The standard InChI is InChI=1S/C12H10Br2N2/c13-7-9-3-1-5-11(15-9)12-6-2-4-10(8-14)16-12/h1-6H,7-8H2/i1D,2D,3D,4D,5D,6D,7D2,8D2. The lowest BCUT2D eigenvalue weighted by Gasteiger charge is -2.03. The minimum Gasteiger partial charge on any atom is -0.250 e. The zero-order valence-corrected chi connectivity index (χ0v) is 10.8. The maximum atomic E-state index is 7.98. The van der Waals surface area contributed by atoms with Gasteiger partial charge >= 0.3 is 0 Å². The predicted octanol–water partition coefficient (Wildman–Crippen LogP) is 3.93. The number of hydrogen-bond acceptors (Lipinski definition) is 2. The van der Waals surface area contributed by atoms with Crippen molar-refractivity contribution >= 4 is 31.9 Å². The number of aromatic nitrogens is 2. The number of hydrogen-bond donors (Lipinski definition) is 0. The molecule has 2 nitrogen and oxygen atoms in total. The molecule has 0 amide bonds. The van der Waals surface area contributed by atoms with Crippen LogP contribution in [0.5, 0.6) is 0 Å². The first kappa shape index (κ1) is 4.50. The third-order valence-corrected chi connectivity index (χ3v) is 2.33. The van der Waals surface area contributed by atoms with Crippen molar-refractivity contribution in [3.8, 4) is 11.4 Å². The third kappa shape index (κ3) is 2.68. The summed E-state index contributed by atoms with van der Waals surface area (Å²) in [5.41, 5.74) is -1.92. The molecular formula is C12H10Br2N2. The van der Waals surface area contributed by atoms with E-state index in [1.165, 1.54) is 0 Å². The van der Waals surface area contributed by atoms with Gasteiger partial charge in [-0.1, -0.05) is 43.9 Å². The lowest BCUT2D eigenvalue weighted by molar-refractivity contribution is 1.13. The van der Waals surface area contributed by atoms with Crippen molar-refractivity contribution in [3.05, 3.63) is 47.6 Å². The fourth-order valence-corrected chi connectivity index (χ4v) is 1.32. The van der Waals surface area contributed by atoms with Crippen LogP contribution in [0.1, 0.15) is 25.1 Å². The number of alkyl halides is 2. The van der Waals surface area contributed by atoms with Crippen LogP contribution in [-0.2, 0) is 10.6 Å². The van der Waals surface area contributed by atoms with E-state index in [2.05, 4.69) is 41.8 Å². The molecule has 2 heterocycles. The fourth-order valence-electron chi connectivity index (χ4n) is 0.949. The first-order valence-electron chi connectivity index (χ1n) is 9.02. The largest absolute Gasteiger partial charge is 0.250 e. The van der Waals surface area contributed by atoms with Gasteiger partial charge in [-0.25, -0.2) is 0 Å². The minimum absolute atomic E-state index is 0.444. The summed E-state index contributed by atoms with van der Waals surface area (Å²) in [6.07, 6.45) is 0. The van der Waals surface area contributed by atoms with Crippen LogP contribution in [0, 0.1) is 0 Å². The Kier molecular flexibility index (Phi) is 1.56. The Labute approximate surface area is 125 Å². The van der Waals surface area contributed by atoms with Crippen molar-refractivity contribution < 1.29 is 13.7 Å². The Hall–Kier alpha value is -0.740. The van der Waals surface area contributed by atoms with Gasteiger partial charge in [0.05, 0.1) is 31.0 Å². The molecule has 0 aromatic carbocycles. The van der Waals surface area contributed by atoms with E-state index in [0.717, 1.165) is 0 Å².